The van der Waals surface area contributed by atoms with Gasteiger partial charge >= 0.3 is 17.9 Å². The number of aliphatic hydroxyl groups is 1. The van der Waals surface area contributed by atoms with Crippen molar-refractivity contribution in [3.05, 3.63) is 23.3 Å². The summed E-state index contributed by atoms with van der Waals surface area (Å²) in [5, 5.41) is 20.9. The van der Waals surface area contributed by atoms with Crippen LogP contribution in [-0.2, 0) is 33.5 Å². The molecule has 0 aromatic heterocycles. The maximum atomic E-state index is 12.5. The fourth-order valence-corrected chi connectivity index (χ4v) is 4.78. The molecule has 1 saturated carbocycles. The summed E-state index contributed by atoms with van der Waals surface area (Å²) in [4.78, 5) is 41.4. The van der Waals surface area contributed by atoms with Crippen molar-refractivity contribution in [2.45, 2.75) is 71.1 Å². The molecule has 166 valence electrons. The summed E-state index contributed by atoms with van der Waals surface area (Å²) in [6.07, 6.45) is -3.95. The van der Waals surface area contributed by atoms with E-state index in [1.54, 1.807) is 20.8 Å². The molecular formula is C21H28O9. The van der Waals surface area contributed by atoms with E-state index in [9.17, 15) is 24.7 Å². The summed E-state index contributed by atoms with van der Waals surface area (Å²) in [5.74, 6) is -3.97. The smallest absolute Gasteiger partial charge is 0.334 e. The minimum atomic E-state index is -1.71. The largest absolute Gasteiger partial charge is 0.457 e. The summed E-state index contributed by atoms with van der Waals surface area (Å²) < 4.78 is 16.8. The van der Waals surface area contributed by atoms with Gasteiger partial charge in [-0.25, -0.2) is 9.68 Å². The quantitative estimate of drug-likeness (QED) is 0.172. The Balaban J connectivity index is 2.21. The molecule has 2 fully saturated rings. The van der Waals surface area contributed by atoms with E-state index in [4.69, 9.17) is 14.2 Å². The Morgan fingerprint density at radius 2 is 1.93 bits per heavy atom. The second-order valence-corrected chi connectivity index (χ2v) is 8.71. The number of rotatable bonds is 4. The van der Waals surface area contributed by atoms with E-state index < -0.39 is 65.7 Å². The zero-order valence-corrected chi connectivity index (χ0v) is 17.7. The number of hydrogen-bond donors (Lipinski definition) is 2. The van der Waals surface area contributed by atoms with Gasteiger partial charge in [-0.05, 0) is 31.4 Å². The van der Waals surface area contributed by atoms with Crippen LogP contribution in [0.25, 0.3) is 0 Å². The topological polar surface area (TPSA) is 129 Å². The molecule has 0 spiro atoms. The third-order valence-corrected chi connectivity index (χ3v) is 6.37. The van der Waals surface area contributed by atoms with E-state index in [0.29, 0.717) is 11.1 Å². The number of carbonyl (C=O) groups is 3. The van der Waals surface area contributed by atoms with Gasteiger partial charge in [0.1, 0.15) is 17.8 Å². The number of esters is 3. The van der Waals surface area contributed by atoms with Crippen LogP contribution in [-0.4, -0.2) is 58.3 Å². The Hall–Kier alpha value is -2.23. The summed E-state index contributed by atoms with van der Waals surface area (Å²) in [6.45, 7) is 11.5. The van der Waals surface area contributed by atoms with E-state index in [1.807, 2.05) is 0 Å². The molecule has 0 aromatic rings. The van der Waals surface area contributed by atoms with Crippen molar-refractivity contribution in [3.63, 3.8) is 0 Å². The Labute approximate surface area is 174 Å². The number of hydrogen-bond acceptors (Lipinski definition) is 9. The van der Waals surface area contributed by atoms with Crippen molar-refractivity contribution >= 4 is 17.9 Å². The van der Waals surface area contributed by atoms with Gasteiger partial charge < -0.3 is 19.3 Å². The van der Waals surface area contributed by atoms with Crippen molar-refractivity contribution < 1.29 is 43.8 Å². The molecule has 0 amide bonds. The first-order chi connectivity index (χ1) is 13.9. The Bertz CT molecular complexity index is 809. The lowest BCUT2D eigenvalue weighted by Crippen LogP contribution is -2.55. The first kappa shape index (κ1) is 22.5. The van der Waals surface area contributed by atoms with Crippen LogP contribution >= 0.6 is 0 Å². The van der Waals surface area contributed by atoms with Crippen LogP contribution in [0.4, 0.5) is 0 Å². The molecule has 1 saturated heterocycles. The van der Waals surface area contributed by atoms with Crippen LogP contribution in [0, 0.1) is 17.8 Å². The lowest BCUT2D eigenvalue weighted by Gasteiger charge is -2.40. The molecule has 0 radical (unpaired) electrons. The van der Waals surface area contributed by atoms with E-state index >= 15 is 0 Å². The Morgan fingerprint density at radius 3 is 2.47 bits per heavy atom. The van der Waals surface area contributed by atoms with E-state index in [1.165, 1.54) is 13.8 Å². The predicted molar refractivity (Wildman–Crippen MR) is 102 cm³/mol. The molecule has 1 heterocycles. The normalized spacial score (nSPS) is 38.1. The minimum Gasteiger partial charge on any atom is -0.457 e. The molecule has 0 bridgehead atoms. The van der Waals surface area contributed by atoms with Crippen LogP contribution < -0.4 is 0 Å². The van der Waals surface area contributed by atoms with Crippen molar-refractivity contribution in [1.29, 1.82) is 0 Å². The van der Waals surface area contributed by atoms with Crippen LogP contribution in [0.5, 0.6) is 0 Å². The average Bonchev–Trinajstić information content (AvgIpc) is 3.12. The van der Waals surface area contributed by atoms with Gasteiger partial charge in [-0.3, -0.25) is 14.8 Å². The molecule has 3 aliphatic rings. The van der Waals surface area contributed by atoms with Crippen molar-refractivity contribution in [1.82, 2.24) is 0 Å². The van der Waals surface area contributed by atoms with Gasteiger partial charge in [0.15, 0.2) is 12.2 Å². The van der Waals surface area contributed by atoms with Gasteiger partial charge in [-0.15, -0.1) is 0 Å². The standard InChI is InChI=1S/C21H28O9/c1-8(2)19(23)29-17-15-10(4)20(24)28-16(15)14-9(3)13(30-26)7-12(14)21(6,25)18(17)27-11(5)22/h8,12-13,15-18,25-26H,4,7H2,1-3,5-6H3/t12-,13-,15+,16-,17-,18-,21+/m1/s1. The highest BCUT2D eigenvalue weighted by molar-refractivity contribution is 5.91. The zero-order chi connectivity index (χ0) is 22.5. The first-order valence-corrected chi connectivity index (χ1v) is 9.92. The first-order valence-electron chi connectivity index (χ1n) is 9.92. The van der Waals surface area contributed by atoms with Gasteiger partial charge in [0.25, 0.3) is 0 Å². The lowest BCUT2D eigenvalue weighted by atomic mass is 9.79. The van der Waals surface area contributed by atoms with Crippen LogP contribution in [0.15, 0.2) is 23.3 Å². The monoisotopic (exact) mass is 424 g/mol. The van der Waals surface area contributed by atoms with Crippen LogP contribution in [0.3, 0.4) is 0 Å². The highest BCUT2D eigenvalue weighted by Gasteiger charge is 2.63. The van der Waals surface area contributed by atoms with E-state index in [0.717, 1.165) is 0 Å². The molecule has 30 heavy (non-hydrogen) atoms. The number of fused-ring (bicyclic) bond motifs is 3. The second-order valence-electron chi connectivity index (χ2n) is 8.71. The molecular weight excluding hydrogens is 396 g/mol. The maximum Gasteiger partial charge on any atom is 0.334 e. The third kappa shape index (κ3) is 3.44. The van der Waals surface area contributed by atoms with Gasteiger partial charge in [0.05, 0.1) is 11.8 Å². The second kappa shape index (κ2) is 7.79. The van der Waals surface area contributed by atoms with Crippen LogP contribution in [0.2, 0.25) is 0 Å². The minimum absolute atomic E-state index is 0.0591. The van der Waals surface area contributed by atoms with Crippen LogP contribution in [0.1, 0.15) is 41.0 Å². The molecule has 9 nitrogen and oxygen atoms in total. The molecule has 2 aliphatic carbocycles. The molecule has 0 unspecified atom stereocenters. The van der Waals surface area contributed by atoms with Crippen molar-refractivity contribution in [3.8, 4) is 0 Å². The van der Waals surface area contributed by atoms with Gasteiger partial charge in [0, 0.05) is 18.4 Å². The molecule has 9 heteroatoms. The molecule has 3 rings (SSSR count). The van der Waals surface area contributed by atoms with Gasteiger partial charge in [-0.2, -0.15) is 0 Å². The fraction of sp³-hybridized carbons (Fsp3) is 0.667. The molecule has 1 aliphatic heterocycles. The maximum absolute atomic E-state index is 12.5. The number of ether oxygens (including phenoxy) is 3. The third-order valence-electron chi connectivity index (χ3n) is 6.37. The average molecular weight is 424 g/mol. The Kier molecular flexibility index (Phi) is 5.83. The van der Waals surface area contributed by atoms with Crippen molar-refractivity contribution in [2.24, 2.45) is 17.8 Å². The predicted octanol–water partition coefficient (Wildman–Crippen LogP) is 1.54. The highest BCUT2D eigenvalue weighted by Crippen LogP contribution is 2.53. The van der Waals surface area contributed by atoms with E-state index in [-0.39, 0.29) is 12.0 Å². The summed E-state index contributed by atoms with van der Waals surface area (Å²) in [7, 11) is 0. The summed E-state index contributed by atoms with van der Waals surface area (Å²) >= 11 is 0. The SMILES string of the molecule is C=C1C(=O)O[C@@H]2C3=C(C)[C@H](OO)C[C@H]3[C@](C)(O)[C@H](OC(C)=O)[C@H](OC(=O)C(C)C)[C@@H]12. The van der Waals surface area contributed by atoms with Gasteiger partial charge in [-0.1, -0.05) is 20.4 Å². The molecule has 2 N–H and O–H groups in total. The molecule has 0 aromatic carbocycles. The number of carbonyl (C=O) groups excluding carboxylic acids is 3. The van der Waals surface area contributed by atoms with Gasteiger partial charge in [0.2, 0.25) is 0 Å². The lowest BCUT2D eigenvalue weighted by molar-refractivity contribution is -0.271. The van der Waals surface area contributed by atoms with Crippen molar-refractivity contribution in [2.75, 3.05) is 0 Å². The highest BCUT2D eigenvalue weighted by atomic mass is 17.1. The van der Waals surface area contributed by atoms with E-state index in [2.05, 4.69) is 11.5 Å². The molecule has 7 atom stereocenters. The summed E-state index contributed by atoms with van der Waals surface area (Å²) in [6, 6.07) is 0. The Morgan fingerprint density at radius 1 is 1.30 bits per heavy atom. The fourth-order valence-electron chi connectivity index (χ4n) is 4.78. The zero-order valence-electron chi connectivity index (χ0n) is 17.7. The summed E-state index contributed by atoms with van der Waals surface area (Å²) in [5.41, 5.74) is -0.507.